The van der Waals surface area contributed by atoms with Gasteiger partial charge in [-0.2, -0.15) is 0 Å². The predicted octanol–water partition coefficient (Wildman–Crippen LogP) is 1.86. The molecule has 0 unspecified atom stereocenters. The molecule has 4 nitrogen and oxygen atoms in total. The Morgan fingerprint density at radius 1 is 1.27 bits per heavy atom. The second kappa shape index (κ2) is 4.70. The topological polar surface area (TPSA) is 46.1 Å². The quantitative estimate of drug-likeness (QED) is 0.733. The monoisotopic (exact) mass is 225 g/mol. The number of amides is 1. The molecule has 0 radical (unpaired) electrons. The van der Waals surface area contributed by atoms with Crippen LogP contribution in [0.1, 0.15) is 41.0 Å². The van der Waals surface area contributed by atoms with Crippen LogP contribution in [0.3, 0.4) is 0 Å². The van der Waals surface area contributed by atoms with Crippen molar-refractivity contribution in [3.8, 4) is 0 Å². The number of likely N-dealkylation sites (tertiary alicyclic amines) is 1. The molecule has 2 heterocycles. The second-order valence-electron chi connectivity index (χ2n) is 3.88. The van der Waals surface area contributed by atoms with Crippen molar-refractivity contribution in [2.75, 3.05) is 13.1 Å². The molecule has 1 aromatic rings. The van der Waals surface area contributed by atoms with Gasteiger partial charge < -0.3 is 4.90 Å². The molecule has 0 N–H and O–H groups in total. The van der Waals surface area contributed by atoms with Crippen LogP contribution in [0.5, 0.6) is 0 Å². The smallest absolute Gasteiger partial charge is 0.275 e. The van der Waals surface area contributed by atoms with E-state index >= 15 is 0 Å². The second-order valence-corrected chi connectivity index (χ2v) is 4.84. The molecule has 1 amide bonds. The molecule has 1 aromatic heterocycles. The lowest BCUT2D eigenvalue weighted by atomic mass is 10.2. The van der Waals surface area contributed by atoms with Crippen LogP contribution in [0.2, 0.25) is 0 Å². The van der Waals surface area contributed by atoms with Crippen LogP contribution in [0.25, 0.3) is 0 Å². The highest BCUT2D eigenvalue weighted by atomic mass is 32.1. The number of hydrogen-bond acceptors (Lipinski definition) is 4. The Bertz CT molecular complexity index is 342. The van der Waals surface area contributed by atoms with Crippen LogP contribution >= 0.6 is 11.5 Å². The number of nitrogens with zero attached hydrogens (tertiary/aromatic N) is 3. The molecule has 0 aliphatic carbocycles. The summed E-state index contributed by atoms with van der Waals surface area (Å²) < 4.78 is 3.81. The Kier molecular flexibility index (Phi) is 3.30. The fraction of sp³-hybridized carbons (Fsp3) is 0.700. The average Bonchev–Trinajstić information content (AvgIpc) is 2.53. The van der Waals surface area contributed by atoms with E-state index in [9.17, 15) is 4.79 Å². The van der Waals surface area contributed by atoms with Gasteiger partial charge in [-0.3, -0.25) is 4.79 Å². The largest absolute Gasteiger partial charge is 0.337 e. The lowest BCUT2D eigenvalue weighted by Gasteiger charge is -2.18. The molecule has 2 rings (SSSR count). The van der Waals surface area contributed by atoms with Crippen LogP contribution < -0.4 is 0 Å². The number of hydrogen-bond donors (Lipinski definition) is 0. The summed E-state index contributed by atoms with van der Waals surface area (Å²) in [5, 5.41) is 3.90. The van der Waals surface area contributed by atoms with E-state index in [1.165, 1.54) is 24.4 Å². The number of carbonyl (C=O) groups is 1. The summed E-state index contributed by atoms with van der Waals surface area (Å²) >= 11 is 1.29. The lowest BCUT2D eigenvalue weighted by Crippen LogP contribution is -2.32. The van der Waals surface area contributed by atoms with E-state index < -0.39 is 0 Å². The first-order chi connectivity index (χ1) is 7.29. The minimum absolute atomic E-state index is 0.0585. The van der Waals surface area contributed by atoms with E-state index in [4.69, 9.17) is 0 Å². The predicted molar refractivity (Wildman–Crippen MR) is 59.0 cm³/mol. The number of carbonyl (C=O) groups excluding carboxylic acids is 1. The molecule has 1 fully saturated rings. The van der Waals surface area contributed by atoms with E-state index in [-0.39, 0.29) is 5.91 Å². The number of rotatable bonds is 1. The molecule has 1 saturated heterocycles. The third-order valence-electron chi connectivity index (χ3n) is 2.75. The highest BCUT2D eigenvalue weighted by Crippen LogP contribution is 2.15. The molecule has 0 aromatic carbocycles. The molecule has 0 saturated carbocycles. The average molecular weight is 225 g/mol. The van der Waals surface area contributed by atoms with Crippen LogP contribution in [0.15, 0.2) is 0 Å². The molecule has 0 atom stereocenters. The fourth-order valence-corrected chi connectivity index (χ4v) is 2.31. The van der Waals surface area contributed by atoms with Crippen molar-refractivity contribution in [2.45, 2.75) is 32.6 Å². The van der Waals surface area contributed by atoms with Crippen LogP contribution in [0, 0.1) is 6.92 Å². The zero-order chi connectivity index (χ0) is 10.7. The highest BCUT2D eigenvalue weighted by Gasteiger charge is 2.21. The molecule has 1 aliphatic heterocycles. The molecule has 82 valence electrons. The maximum absolute atomic E-state index is 12.1. The first-order valence-electron chi connectivity index (χ1n) is 5.37. The van der Waals surface area contributed by atoms with Crippen molar-refractivity contribution < 1.29 is 4.79 Å². The third-order valence-corrected chi connectivity index (χ3v) is 3.38. The summed E-state index contributed by atoms with van der Waals surface area (Å²) in [4.78, 5) is 14.9. The van der Waals surface area contributed by atoms with Gasteiger partial charge in [-0.15, -0.1) is 5.10 Å². The minimum Gasteiger partial charge on any atom is -0.337 e. The first-order valence-corrected chi connectivity index (χ1v) is 6.14. The minimum atomic E-state index is 0.0585. The van der Waals surface area contributed by atoms with Gasteiger partial charge in [0, 0.05) is 13.1 Å². The maximum atomic E-state index is 12.1. The van der Waals surface area contributed by atoms with Gasteiger partial charge in [0.25, 0.3) is 5.91 Å². The van der Waals surface area contributed by atoms with Crippen molar-refractivity contribution in [3.63, 3.8) is 0 Å². The van der Waals surface area contributed by atoms with Gasteiger partial charge in [-0.25, -0.2) is 0 Å². The Hall–Kier alpha value is -0.970. The van der Waals surface area contributed by atoms with Crippen LogP contribution in [-0.2, 0) is 0 Å². The van der Waals surface area contributed by atoms with Crippen molar-refractivity contribution in [1.82, 2.24) is 14.5 Å². The Labute approximate surface area is 93.5 Å². The SMILES string of the molecule is Cc1snnc1C(=O)N1CCCCCC1. The summed E-state index contributed by atoms with van der Waals surface area (Å²) in [5.74, 6) is 0.0585. The molecule has 1 aliphatic rings. The van der Waals surface area contributed by atoms with E-state index in [0.29, 0.717) is 5.69 Å². The number of aromatic nitrogens is 2. The van der Waals surface area contributed by atoms with Gasteiger partial charge in [0.15, 0.2) is 5.69 Å². The van der Waals surface area contributed by atoms with Gasteiger partial charge in [0.1, 0.15) is 0 Å². The highest BCUT2D eigenvalue weighted by molar-refractivity contribution is 7.05. The number of aryl methyl sites for hydroxylation is 1. The van der Waals surface area contributed by atoms with Crippen LogP contribution in [-0.4, -0.2) is 33.5 Å². The Morgan fingerprint density at radius 2 is 1.93 bits per heavy atom. The van der Waals surface area contributed by atoms with E-state index in [0.717, 1.165) is 30.8 Å². The van der Waals surface area contributed by atoms with Gasteiger partial charge in [0.05, 0.1) is 4.88 Å². The third kappa shape index (κ3) is 2.34. The molecule has 0 spiro atoms. The Balaban J connectivity index is 2.09. The fourth-order valence-electron chi connectivity index (χ4n) is 1.85. The molecular weight excluding hydrogens is 210 g/mol. The van der Waals surface area contributed by atoms with Gasteiger partial charge in [-0.05, 0) is 31.3 Å². The van der Waals surface area contributed by atoms with Crippen molar-refractivity contribution in [3.05, 3.63) is 10.6 Å². The summed E-state index contributed by atoms with van der Waals surface area (Å²) in [6, 6.07) is 0. The molecular formula is C10H15N3OS. The standard InChI is InChI=1S/C10H15N3OS/c1-8-9(11-12-15-8)10(14)13-6-4-2-3-5-7-13/h2-7H2,1H3. The first kappa shape index (κ1) is 10.5. The van der Waals surface area contributed by atoms with E-state index in [1.807, 2.05) is 11.8 Å². The van der Waals surface area contributed by atoms with Gasteiger partial charge >= 0.3 is 0 Å². The van der Waals surface area contributed by atoms with E-state index in [2.05, 4.69) is 9.59 Å². The normalized spacial score (nSPS) is 17.5. The van der Waals surface area contributed by atoms with Gasteiger partial charge in [-0.1, -0.05) is 17.3 Å². The van der Waals surface area contributed by atoms with Crippen molar-refractivity contribution in [1.29, 1.82) is 0 Å². The summed E-state index contributed by atoms with van der Waals surface area (Å²) in [5.41, 5.74) is 0.543. The van der Waals surface area contributed by atoms with Crippen LogP contribution in [0.4, 0.5) is 0 Å². The lowest BCUT2D eigenvalue weighted by molar-refractivity contribution is 0.0755. The zero-order valence-corrected chi connectivity index (χ0v) is 9.72. The zero-order valence-electron chi connectivity index (χ0n) is 8.90. The summed E-state index contributed by atoms with van der Waals surface area (Å²) in [7, 11) is 0. The van der Waals surface area contributed by atoms with Crippen molar-refractivity contribution in [2.24, 2.45) is 0 Å². The van der Waals surface area contributed by atoms with E-state index in [1.54, 1.807) is 0 Å². The molecule has 15 heavy (non-hydrogen) atoms. The van der Waals surface area contributed by atoms with Crippen molar-refractivity contribution >= 4 is 17.4 Å². The molecule has 0 bridgehead atoms. The Morgan fingerprint density at radius 3 is 2.47 bits per heavy atom. The molecule has 5 heteroatoms. The summed E-state index contributed by atoms with van der Waals surface area (Å²) in [6.45, 7) is 3.64. The summed E-state index contributed by atoms with van der Waals surface area (Å²) in [6.07, 6.45) is 4.70. The maximum Gasteiger partial charge on any atom is 0.275 e. The van der Waals surface area contributed by atoms with Gasteiger partial charge in [0.2, 0.25) is 0 Å².